The second-order valence-corrected chi connectivity index (χ2v) is 4.53. The fourth-order valence-corrected chi connectivity index (χ4v) is 2.37. The first-order valence-corrected chi connectivity index (χ1v) is 6.52. The minimum Gasteiger partial charge on any atom is -0.382 e. The highest BCUT2D eigenvalue weighted by molar-refractivity contribution is 4.72. The molecule has 1 aliphatic carbocycles. The first kappa shape index (κ1) is 13.0. The molecule has 0 radical (unpaired) electrons. The van der Waals surface area contributed by atoms with Crippen LogP contribution in [0.5, 0.6) is 0 Å². The zero-order valence-corrected chi connectivity index (χ0v) is 10.3. The maximum atomic E-state index is 5.48. The molecule has 0 aromatic carbocycles. The van der Waals surface area contributed by atoms with E-state index in [2.05, 4.69) is 13.8 Å². The van der Waals surface area contributed by atoms with Crippen LogP contribution in [0.1, 0.15) is 46.0 Å². The van der Waals surface area contributed by atoms with E-state index in [-0.39, 0.29) is 0 Å². The monoisotopic (exact) mass is 214 g/mol. The lowest BCUT2D eigenvalue weighted by atomic mass is 9.81. The van der Waals surface area contributed by atoms with Gasteiger partial charge in [-0.15, -0.1) is 0 Å². The molecule has 15 heavy (non-hydrogen) atoms. The van der Waals surface area contributed by atoms with Gasteiger partial charge >= 0.3 is 0 Å². The van der Waals surface area contributed by atoms with Crippen LogP contribution >= 0.6 is 0 Å². The largest absolute Gasteiger partial charge is 0.382 e. The van der Waals surface area contributed by atoms with Crippen LogP contribution in [-0.4, -0.2) is 26.4 Å². The molecule has 0 aromatic heterocycles. The molecular weight excluding hydrogens is 188 g/mol. The molecule has 90 valence electrons. The van der Waals surface area contributed by atoms with Crippen molar-refractivity contribution in [2.75, 3.05) is 26.4 Å². The Bertz CT molecular complexity index is 139. The number of hydrogen-bond acceptors (Lipinski definition) is 2. The second kappa shape index (κ2) is 8.12. The maximum absolute atomic E-state index is 5.48. The highest BCUT2D eigenvalue weighted by Crippen LogP contribution is 2.30. The quantitative estimate of drug-likeness (QED) is 0.606. The number of hydrogen-bond donors (Lipinski definition) is 0. The van der Waals surface area contributed by atoms with Crippen LogP contribution < -0.4 is 0 Å². The van der Waals surface area contributed by atoms with Crippen LogP contribution in [0, 0.1) is 11.8 Å². The van der Waals surface area contributed by atoms with Crippen LogP contribution in [0.2, 0.25) is 0 Å². The van der Waals surface area contributed by atoms with Gasteiger partial charge in [-0.1, -0.05) is 12.8 Å². The molecule has 1 rings (SSSR count). The fraction of sp³-hybridized carbons (Fsp3) is 1.00. The Morgan fingerprint density at radius 2 is 1.47 bits per heavy atom. The third-order valence-corrected chi connectivity index (χ3v) is 3.40. The molecule has 0 amide bonds. The molecule has 2 nitrogen and oxygen atoms in total. The molecule has 0 bridgehead atoms. The van der Waals surface area contributed by atoms with Crippen molar-refractivity contribution in [2.45, 2.75) is 46.0 Å². The first-order chi connectivity index (χ1) is 7.36. The van der Waals surface area contributed by atoms with Crippen LogP contribution in [0.15, 0.2) is 0 Å². The predicted octanol–water partition coefficient (Wildman–Crippen LogP) is 3.26. The lowest BCUT2D eigenvalue weighted by Crippen LogP contribution is -2.19. The Morgan fingerprint density at radius 3 is 2.07 bits per heavy atom. The van der Waals surface area contributed by atoms with Gasteiger partial charge in [0.2, 0.25) is 0 Å². The summed E-state index contributed by atoms with van der Waals surface area (Å²) in [6, 6.07) is 0. The summed E-state index contributed by atoms with van der Waals surface area (Å²) in [4.78, 5) is 0. The average molecular weight is 214 g/mol. The summed E-state index contributed by atoms with van der Waals surface area (Å²) >= 11 is 0. The summed E-state index contributed by atoms with van der Waals surface area (Å²) in [6.07, 6.45) is 6.73. The van der Waals surface area contributed by atoms with Gasteiger partial charge in [0.15, 0.2) is 0 Å². The van der Waals surface area contributed by atoms with E-state index in [9.17, 15) is 0 Å². The SMILES string of the molecule is CCOCCC1CCC(COCC)CC1. The van der Waals surface area contributed by atoms with Crippen molar-refractivity contribution in [3.8, 4) is 0 Å². The molecule has 2 heteroatoms. The van der Waals surface area contributed by atoms with Gasteiger partial charge in [-0.2, -0.15) is 0 Å². The van der Waals surface area contributed by atoms with Crippen molar-refractivity contribution < 1.29 is 9.47 Å². The summed E-state index contributed by atoms with van der Waals surface area (Å²) in [6.45, 7) is 7.81. The van der Waals surface area contributed by atoms with E-state index < -0.39 is 0 Å². The number of rotatable bonds is 7. The van der Waals surface area contributed by atoms with Crippen LogP contribution in [0.4, 0.5) is 0 Å². The summed E-state index contributed by atoms with van der Waals surface area (Å²) in [7, 11) is 0. The highest BCUT2D eigenvalue weighted by Gasteiger charge is 2.20. The van der Waals surface area contributed by atoms with Crippen LogP contribution in [0.3, 0.4) is 0 Å². The molecule has 0 spiro atoms. The van der Waals surface area contributed by atoms with Gasteiger partial charge in [-0.05, 0) is 44.9 Å². The van der Waals surface area contributed by atoms with Gasteiger partial charge in [-0.25, -0.2) is 0 Å². The van der Waals surface area contributed by atoms with Gasteiger partial charge in [-0.3, -0.25) is 0 Å². The zero-order chi connectivity index (χ0) is 10.9. The maximum Gasteiger partial charge on any atom is 0.0494 e. The lowest BCUT2D eigenvalue weighted by Gasteiger charge is -2.28. The fourth-order valence-electron chi connectivity index (χ4n) is 2.37. The van der Waals surface area contributed by atoms with Crippen molar-refractivity contribution in [1.29, 1.82) is 0 Å². The first-order valence-electron chi connectivity index (χ1n) is 6.52. The van der Waals surface area contributed by atoms with Gasteiger partial charge < -0.3 is 9.47 Å². The summed E-state index contributed by atoms with van der Waals surface area (Å²) in [5, 5.41) is 0. The second-order valence-electron chi connectivity index (χ2n) is 4.53. The van der Waals surface area contributed by atoms with Crippen molar-refractivity contribution >= 4 is 0 Å². The topological polar surface area (TPSA) is 18.5 Å². The molecule has 0 N–H and O–H groups in total. The molecular formula is C13H26O2. The molecule has 0 heterocycles. The zero-order valence-electron chi connectivity index (χ0n) is 10.3. The standard InChI is InChI=1S/C13H26O2/c1-3-14-10-9-12-5-7-13(8-6-12)11-15-4-2/h12-13H,3-11H2,1-2H3. The number of ether oxygens (including phenoxy) is 2. The minimum absolute atomic E-state index is 0.827. The average Bonchev–Trinajstić information content (AvgIpc) is 2.28. The van der Waals surface area contributed by atoms with E-state index in [4.69, 9.17) is 9.47 Å². The van der Waals surface area contributed by atoms with E-state index in [0.29, 0.717) is 0 Å². The smallest absolute Gasteiger partial charge is 0.0494 e. The van der Waals surface area contributed by atoms with E-state index in [1.165, 1.54) is 32.1 Å². The van der Waals surface area contributed by atoms with E-state index >= 15 is 0 Å². The molecule has 0 saturated heterocycles. The summed E-state index contributed by atoms with van der Waals surface area (Å²) in [5.41, 5.74) is 0. The molecule has 1 saturated carbocycles. The minimum atomic E-state index is 0.827. The summed E-state index contributed by atoms with van der Waals surface area (Å²) < 4.78 is 10.9. The normalized spacial score (nSPS) is 26.8. The Labute approximate surface area is 94.3 Å². The van der Waals surface area contributed by atoms with Crippen molar-refractivity contribution in [1.82, 2.24) is 0 Å². The van der Waals surface area contributed by atoms with Crippen molar-refractivity contribution in [3.63, 3.8) is 0 Å². The molecule has 0 aliphatic heterocycles. The molecule has 0 aromatic rings. The molecule has 1 fully saturated rings. The summed E-state index contributed by atoms with van der Waals surface area (Å²) in [5.74, 6) is 1.74. The van der Waals surface area contributed by atoms with E-state index in [1.807, 2.05) is 0 Å². The van der Waals surface area contributed by atoms with Crippen LogP contribution in [-0.2, 0) is 9.47 Å². The predicted molar refractivity (Wildman–Crippen MR) is 63.1 cm³/mol. The van der Waals surface area contributed by atoms with Crippen molar-refractivity contribution in [3.05, 3.63) is 0 Å². The van der Waals surface area contributed by atoms with E-state index in [0.717, 1.165) is 38.3 Å². The third-order valence-electron chi connectivity index (χ3n) is 3.40. The van der Waals surface area contributed by atoms with E-state index in [1.54, 1.807) is 0 Å². The molecule has 1 aliphatic rings. The van der Waals surface area contributed by atoms with Gasteiger partial charge in [0, 0.05) is 26.4 Å². The van der Waals surface area contributed by atoms with Gasteiger partial charge in [0.1, 0.15) is 0 Å². The van der Waals surface area contributed by atoms with Crippen LogP contribution in [0.25, 0.3) is 0 Å². The Kier molecular flexibility index (Phi) is 7.03. The molecule has 0 atom stereocenters. The third kappa shape index (κ3) is 5.53. The van der Waals surface area contributed by atoms with Gasteiger partial charge in [0.05, 0.1) is 0 Å². The van der Waals surface area contributed by atoms with Crippen molar-refractivity contribution in [2.24, 2.45) is 11.8 Å². The molecule has 0 unspecified atom stereocenters. The Morgan fingerprint density at radius 1 is 0.867 bits per heavy atom. The lowest BCUT2D eigenvalue weighted by molar-refractivity contribution is 0.0769. The Balaban J connectivity index is 2.02. The van der Waals surface area contributed by atoms with Gasteiger partial charge in [0.25, 0.3) is 0 Å². The highest BCUT2D eigenvalue weighted by atomic mass is 16.5. The Hall–Kier alpha value is -0.0800.